The van der Waals surface area contributed by atoms with Crippen molar-refractivity contribution < 1.29 is 4.74 Å². The molecular weight excluding hydrogens is 340 g/mol. The lowest BCUT2D eigenvalue weighted by atomic mass is 9.98. The standard InChI is InChI=1S/C27H20O/c1-2-10-22(11-3-1)27(25-15-14-20-8-4-6-12-23(20)18-25)28-26-17-16-21-9-5-7-13-24(21)19-26/h1-19,27H/t27-/m1/s1. The highest BCUT2D eigenvalue weighted by molar-refractivity contribution is 5.84. The van der Waals surface area contributed by atoms with Gasteiger partial charge in [-0.1, -0.05) is 97.1 Å². The smallest absolute Gasteiger partial charge is 0.149 e. The van der Waals surface area contributed by atoms with Crippen LogP contribution >= 0.6 is 0 Å². The molecule has 0 radical (unpaired) electrons. The molecule has 0 aromatic heterocycles. The van der Waals surface area contributed by atoms with E-state index >= 15 is 0 Å². The summed E-state index contributed by atoms with van der Waals surface area (Å²) in [5.41, 5.74) is 2.30. The second-order valence-electron chi connectivity index (χ2n) is 7.02. The van der Waals surface area contributed by atoms with Crippen LogP contribution in [0.3, 0.4) is 0 Å². The van der Waals surface area contributed by atoms with E-state index in [1.807, 2.05) is 6.07 Å². The molecule has 0 aliphatic carbocycles. The van der Waals surface area contributed by atoms with Crippen LogP contribution < -0.4 is 4.74 Å². The number of fused-ring (bicyclic) bond motifs is 2. The monoisotopic (exact) mass is 360 g/mol. The van der Waals surface area contributed by atoms with Gasteiger partial charge >= 0.3 is 0 Å². The molecule has 0 aliphatic heterocycles. The zero-order valence-corrected chi connectivity index (χ0v) is 15.5. The molecule has 0 spiro atoms. The van der Waals surface area contributed by atoms with Crippen molar-refractivity contribution in [2.24, 2.45) is 0 Å². The lowest BCUT2D eigenvalue weighted by Crippen LogP contribution is -2.09. The maximum Gasteiger partial charge on any atom is 0.149 e. The Labute approximate surface area is 164 Å². The molecule has 0 aliphatic rings. The third kappa shape index (κ3) is 3.23. The first-order valence-corrected chi connectivity index (χ1v) is 9.56. The first-order valence-electron chi connectivity index (χ1n) is 9.56. The third-order valence-electron chi connectivity index (χ3n) is 5.15. The molecule has 1 atom stereocenters. The van der Waals surface area contributed by atoms with Crippen LogP contribution in [0.1, 0.15) is 17.2 Å². The van der Waals surface area contributed by atoms with E-state index in [2.05, 4.69) is 109 Å². The van der Waals surface area contributed by atoms with E-state index in [4.69, 9.17) is 4.74 Å². The van der Waals surface area contributed by atoms with Crippen LogP contribution in [0, 0.1) is 0 Å². The molecule has 0 N–H and O–H groups in total. The van der Waals surface area contributed by atoms with Gasteiger partial charge in [-0.2, -0.15) is 0 Å². The van der Waals surface area contributed by atoms with Crippen molar-refractivity contribution in [3.8, 4) is 5.75 Å². The molecule has 0 saturated heterocycles. The minimum absolute atomic E-state index is 0.160. The summed E-state index contributed by atoms with van der Waals surface area (Å²) in [6.45, 7) is 0. The molecule has 134 valence electrons. The topological polar surface area (TPSA) is 9.23 Å². The maximum absolute atomic E-state index is 6.54. The fourth-order valence-corrected chi connectivity index (χ4v) is 3.70. The van der Waals surface area contributed by atoms with Crippen LogP contribution in [-0.4, -0.2) is 0 Å². The fourth-order valence-electron chi connectivity index (χ4n) is 3.70. The minimum atomic E-state index is -0.160. The van der Waals surface area contributed by atoms with Gasteiger partial charge in [0.05, 0.1) is 0 Å². The largest absolute Gasteiger partial charge is 0.481 e. The van der Waals surface area contributed by atoms with Crippen LogP contribution in [0.5, 0.6) is 5.75 Å². The first kappa shape index (κ1) is 16.6. The van der Waals surface area contributed by atoms with Crippen LogP contribution in [-0.2, 0) is 0 Å². The number of rotatable bonds is 4. The van der Waals surface area contributed by atoms with Gasteiger partial charge in [0.15, 0.2) is 0 Å². The SMILES string of the molecule is c1ccc([C@@H](Oc2ccc3ccccc3c2)c2ccc3ccccc3c2)cc1. The van der Waals surface area contributed by atoms with Crippen LogP contribution in [0.15, 0.2) is 115 Å². The molecule has 0 unspecified atom stereocenters. The summed E-state index contributed by atoms with van der Waals surface area (Å²) < 4.78 is 6.54. The van der Waals surface area contributed by atoms with Crippen molar-refractivity contribution in [1.29, 1.82) is 0 Å². The Morgan fingerprint density at radius 2 is 1.00 bits per heavy atom. The zero-order valence-electron chi connectivity index (χ0n) is 15.5. The Balaban J connectivity index is 1.59. The average molecular weight is 360 g/mol. The van der Waals surface area contributed by atoms with Gasteiger partial charge in [0.2, 0.25) is 0 Å². The highest BCUT2D eigenvalue weighted by Gasteiger charge is 2.17. The number of ether oxygens (including phenoxy) is 1. The summed E-state index contributed by atoms with van der Waals surface area (Å²) in [5.74, 6) is 0.876. The highest BCUT2D eigenvalue weighted by Crippen LogP contribution is 2.32. The summed E-state index contributed by atoms with van der Waals surface area (Å²) >= 11 is 0. The van der Waals surface area contributed by atoms with Gasteiger partial charge in [0, 0.05) is 0 Å². The van der Waals surface area contributed by atoms with Gasteiger partial charge in [0.1, 0.15) is 11.9 Å². The van der Waals surface area contributed by atoms with Crippen molar-refractivity contribution in [3.05, 3.63) is 126 Å². The molecule has 5 aromatic rings. The van der Waals surface area contributed by atoms with Crippen LogP contribution in [0.2, 0.25) is 0 Å². The van der Waals surface area contributed by atoms with Crippen molar-refractivity contribution in [2.75, 3.05) is 0 Å². The third-order valence-corrected chi connectivity index (χ3v) is 5.15. The molecular formula is C27H20O. The van der Waals surface area contributed by atoms with E-state index in [0.29, 0.717) is 0 Å². The molecule has 1 heteroatoms. The predicted octanol–water partition coefficient (Wildman–Crippen LogP) is 7.16. The lowest BCUT2D eigenvalue weighted by molar-refractivity contribution is 0.248. The number of benzene rings is 5. The Hall–Kier alpha value is -3.58. The minimum Gasteiger partial charge on any atom is -0.481 e. The van der Waals surface area contributed by atoms with E-state index in [-0.39, 0.29) is 6.10 Å². The molecule has 28 heavy (non-hydrogen) atoms. The van der Waals surface area contributed by atoms with E-state index < -0.39 is 0 Å². The van der Waals surface area contributed by atoms with E-state index in [1.165, 1.54) is 21.5 Å². The Morgan fingerprint density at radius 1 is 0.429 bits per heavy atom. The number of hydrogen-bond acceptors (Lipinski definition) is 1. The molecule has 0 amide bonds. The quantitative estimate of drug-likeness (QED) is 0.330. The van der Waals surface area contributed by atoms with E-state index in [9.17, 15) is 0 Å². The van der Waals surface area contributed by atoms with Crippen LogP contribution in [0.4, 0.5) is 0 Å². The number of hydrogen-bond donors (Lipinski definition) is 0. The maximum atomic E-state index is 6.54. The van der Waals surface area contributed by atoms with Crippen molar-refractivity contribution in [3.63, 3.8) is 0 Å². The fraction of sp³-hybridized carbons (Fsp3) is 0.0370. The van der Waals surface area contributed by atoms with Gasteiger partial charge < -0.3 is 4.74 Å². The molecule has 0 fully saturated rings. The summed E-state index contributed by atoms with van der Waals surface area (Å²) in [7, 11) is 0. The lowest BCUT2D eigenvalue weighted by Gasteiger charge is -2.21. The van der Waals surface area contributed by atoms with Gasteiger partial charge in [-0.05, 0) is 50.9 Å². The molecule has 0 heterocycles. The van der Waals surface area contributed by atoms with Gasteiger partial charge in [-0.15, -0.1) is 0 Å². The van der Waals surface area contributed by atoms with Gasteiger partial charge in [-0.25, -0.2) is 0 Å². The predicted molar refractivity (Wildman–Crippen MR) is 117 cm³/mol. The molecule has 0 saturated carbocycles. The van der Waals surface area contributed by atoms with E-state index in [1.54, 1.807) is 0 Å². The van der Waals surface area contributed by atoms with Crippen molar-refractivity contribution >= 4 is 21.5 Å². The summed E-state index contributed by atoms with van der Waals surface area (Å²) in [6.07, 6.45) is -0.160. The Kier molecular flexibility index (Phi) is 4.27. The zero-order chi connectivity index (χ0) is 18.8. The molecule has 5 aromatic carbocycles. The first-order chi connectivity index (χ1) is 13.9. The molecule has 5 rings (SSSR count). The molecule has 0 bridgehead atoms. The molecule has 1 nitrogen and oxygen atoms in total. The Morgan fingerprint density at radius 3 is 1.71 bits per heavy atom. The van der Waals surface area contributed by atoms with Crippen LogP contribution in [0.25, 0.3) is 21.5 Å². The highest BCUT2D eigenvalue weighted by atomic mass is 16.5. The Bertz CT molecular complexity index is 1240. The second kappa shape index (κ2) is 7.21. The van der Waals surface area contributed by atoms with Gasteiger partial charge in [-0.3, -0.25) is 0 Å². The van der Waals surface area contributed by atoms with E-state index in [0.717, 1.165) is 16.9 Å². The van der Waals surface area contributed by atoms with Crippen molar-refractivity contribution in [2.45, 2.75) is 6.10 Å². The normalized spacial score (nSPS) is 12.1. The average Bonchev–Trinajstić information content (AvgIpc) is 2.77. The summed E-state index contributed by atoms with van der Waals surface area (Å²) in [4.78, 5) is 0. The second-order valence-corrected chi connectivity index (χ2v) is 7.02. The van der Waals surface area contributed by atoms with Gasteiger partial charge in [0.25, 0.3) is 0 Å². The summed E-state index contributed by atoms with van der Waals surface area (Å²) in [6, 6.07) is 40.1. The summed E-state index contributed by atoms with van der Waals surface area (Å²) in [5, 5.41) is 4.87. The van der Waals surface area contributed by atoms with Crippen molar-refractivity contribution in [1.82, 2.24) is 0 Å².